The molecule has 29 heavy (non-hydrogen) atoms. The molecule has 0 spiro atoms. The number of likely N-dealkylation sites (tertiary alicyclic amines) is 1. The maximum atomic E-state index is 12.8. The van der Waals surface area contributed by atoms with E-state index < -0.39 is 0 Å². The summed E-state index contributed by atoms with van der Waals surface area (Å²) in [7, 11) is 0. The lowest BCUT2D eigenvalue weighted by atomic mass is 9.86. The Morgan fingerprint density at radius 3 is 2.52 bits per heavy atom. The van der Waals surface area contributed by atoms with Gasteiger partial charge in [0.25, 0.3) is 0 Å². The van der Waals surface area contributed by atoms with Gasteiger partial charge >= 0.3 is 0 Å². The van der Waals surface area contributed by atoms with Crippen LogP contribution in [0.1, 0.15) is 56.6 Å². The first-order valence-electron chi connectivity index (χ1n) is 12.0. The lowest BCUT2D eigenvalue weighted by Crippen LogP contribution is -2.47. The highest BCUT2D eigenvalue weighted by atomic mass is 16.2. The molecule has 0 saturated carbocycles. The molecule has 3 aliphatic rings. The molecule has 4 rings (SSSR count). The minimum absolute atomic E-state index is 0.270. The SMILES string of the molecule is CCCN(CC1CCN(C(=O)C2CCNCC2)CC1)C1CCc2ccccc2C1. The maximum Gasteiger partial charge on any atom is 0.225 e. The number of hydrogen-bond donors (Lipinski definition) is 1. The summed E-state index contributed by atoms with van der Waals surface area (Å²) >= 11 is 0. The van der Waals surface area contributed by atoms with Crippen molar-refractivity contribution < 1.29 is 4.79 Å². The van der Waals surface area contributed by atoms with Gasteiger partial charge < -0.3 is 10.2 Å². The molecule has 1 atom stereocenters. The molecule has 0 aromatic heterocycles. The van der Waals surface area contributed by atoms with Crippen LogP contribution in [0.2, 0.25) is 0 Å². The second-order valence-corrected chi connectivity index (χ2v) is 9.45. The molecule has 1 aromatic rings. The van der Waals surface area contributed by atoms with Crippen molar-refractivity contribution in [2.75, 3.05) is 39.3 Å². The van der Waals surface area contributed by atoms with Crippen LogP contribution in [0.4, 0.5) is 0 Å². The molecule has 4 heteroatoms. The van der Waals surface area contributed by atoms with E-state index in [-0.39, 0.29) is 5.92 Å². The summed E-state index contributed by atoms with van der Waals surface area (Å²) in [5.74, 6) is 1.45. The van der Waals surface area contributed by atoms with Crippen LogP contribution >= 0.6 is 0 Å². The van der Waals surface area contributed by atoms with Crippen LogP contribution in [-0.4, -0.2) is 61.0 Å². The number of amides is 1. The minimum atomic E-state index is 0.270. The van der Waals surface area contributed by atoms with Gasteiger partial charge in [0.05, 0.1) is 0 Å². The lowest BCUT2D eigenvalue weighted by molar-refractivity contribution is -0.137. The van der Waals surface area contributed by atoms with E-state index in [0.29, 0.717) is 11.9 Å². The normalized spacial score (nSPS) is 23.9. The maximum absolute atomic E-state index is 12.8. The molecule has 2 fully saturated rings. The van der Waals surface area contributed by atoms with E-state index in [2.05, 4.69) is 46.3 Å². The zero-order valence-electron chi connectivity index (χ0n) is 18.2. The molecule has 1 aromatic carbocycles. The van der Waals surface area contributed by atoms with Crippen molar-refractivity contribution in [2.45, 2.75) is 64.3 Å². The Labute approximate surface area is 177 Å². The van der Waals surface area contributed by atoms with E-state index in [9.17, 15) is 4.79 Å². The van der Waals surface area contributed by atoms with Crippen LogP contribution in [0, 0.1) is 11.8 Å². The number of nitrogens with zero attached hydrogens (tertiary/aromatic N) is 2. The molecule has 0 bridgehead atoms. The van der Waals surface area contributed by atoms with Gasteiger partial charge in [0, 0.05) is 31.6 Å². The Morgan fingerprint density at radius 1 is 1.07 bits per heavy atom. The zero-order chi connectivity index (χ0) is 20.1. The number of rotatable bonds is 6. The summed E-state index contributed by atoms with van der Waals surface area (Å²) in [4.78, 5) is 17.8. The third-order valence-electron chi connectivity index (χ3n) is 7.46. The average Bonchev–Trinajstić information content (AvgIpc) is 2.79. The summed E-state index contributed by atoms with van der Waals surface area (Å²) in [6, 6.07) is 9.71. The molecule has 2 saturated heterocycles. The van der Waals surface area contributed by atoms with Crippen molar-refractivity contribution in [3.05, 3.63) is 35.4 Å². The zero-order valence-corrected chi connectivity index (χ0v) is 18.2. The van der Waals surface area contributed by atoms with Gasteiger partial charge in [0.2, 0.25) is 5.91 Å². The fraction of sp³-hybridized carbons (Fsp3) is 0.720. The largest absolute Gasteiger partial charge is 0.342 e. The number of aryl methyl sites for hydroxylation is 1. The predicted molar refractivity (Wildman–Crippen MR) is 119 cm³/mol. The number of piperidine rings is 2. The van der Waals surface area contributed by atoms with Crippen LogP contribution in [0.25, 0.3) is 0 Å². The molecular formula is C25H39N3O. The average molecular weight is 398 g/mol. The summed E-state index contributed by atoms with van der Waals surface area (Å²) in [5.41, 5.74) is 3.12. The summed E-state index contributed by atoms with van der Waals surface area (Å²) < 4.78 is 0. The minimum Gasteiger partial charge on any atom is -0.342 e. The van der Waals surface area contributed by atoms with Crippen molar-refractivity contribution in [3.63, 3.8) is 0 Å². The summed E-state index contributed by atoms with van der Waals surface area (Å²) in [5, 5.41) is 3.37. The van der Waals surface area contributed by atoms with E-state index in [0.717, 1.165) is 44.9 Å². The fourth-order valence-corrected chi connectivity index (χ4v) is 5.70. The van der Waals surface area contributed by atoms with E-state index in [1.807, 2.05) is 0 Å². The van der Waals surface area contributed by atoms with Gasteiger partial charge in [0.1, 0.15) is 0 Å². The highest BCUT2D eigenvalue weighted by Gasteiger charge is 2.31. The number of hydrogen-bond acceptors (Lipinski definition) is 3. The third kappa shape index (κ3) is 5.21. The van der Waals surface area contributed by atoms with Gasteiger partial charge in [-0.05, 0) is 88.0 Å². The summed E-state index contributed by atoms with van der Waals surface area (Å²) in [6.45, 7) is 8.69. The van der Waals surface area contributed by atoms with Crippen LogP contribution in [0.5, 0.6) is 0 Å². The first-order chi connectivity index (χ1) is 14.2. The Bertz CT molecular complexity index is 662. The second-order valence-electron chi connectivity index (χ2n) is 9.45. The van der Waals surface area contributed by atoms with E-state index >= 15 is 0 Å². The first kappa shape index (κ1) is 20.9. The van der Waals surface area contributed by atoms with Gasteiger partial charge in [-0.25, -0.2) is 0 Å². The van der Waals surface area contributed by atoms with Gasteiger partial charge in [-0.1, -0.05) is 31.2 Å². The van der Waals surface area contributed by atoms with Gasteiger partial charge in [0.15, 0.2) is 0 Å². The van der Waals surface area contributed by atoms with E-state index in [4.69, 9.17) is 0 Å². The Balaban J connectivity index is 1.29. The Morgan fingerprint density at radius 2 is 1.79 bits per heavy atom. The number of carbonyl (C=O) groups excluding carboxylic acids is 1. The van der Waals surface area contributed by atoms with Crippen LogP contribution in [-0.2, 0) is 17.6 Å². The molecule has 1 N–H and O–H groups in total. The van der Waals surface area contributed by atoms with E-state index in [1.165, 1.54) is 51.6 Å². The Kier molecular flexibility index (Phi) is 7.25. The molecular weight excluding hydrogens is 358 g/mol. The summed E-state index contributed by atoms with van der Waals surface area (Å²) in [6.07, 6.45) is 9.36. The lowest BCUT2D eigenvalue weighted by Gasteiger charge is -2.40. The number of carbonyl (C=O) groups is 1. The Hall–Kier alpha value is -1.39. The first-order valence-corrected chi connectivity index (χ1v) is 12.0. The smallest absolute Gasteiger partial charge is 0.225 e. The molecule has 1 aliphatic carbocycles. The highest BCUT2D eigenvalue weighted by molar-refractivity contribution is 5.79. The molecule has 0 radical (unpaired) electrons. The van der Waals surface area contributed by atoms with Crippen molar-refractivity contribution in [1.82, 2.24) is 15.1 Å². The highest BCUT2D eigenvalue weighted by Crippen LogP contribution is 2.28. The molecule has 1 unspecified atom stereocenters. The fourth-order valence-electron chi connectivity index (χ4n) is 5.70. The van der Waals surface area contributed by atoms with Crippen molar-refractivity contribution in [1.29, 1.82) is 0 Å². The van der Waals surface area contributed by atoms with Crippen LogP contribution in [0.15, 0.2) is 24.3 Å². The van der Waals surface area contributed by atoms with Crippen LogP contribution < -0.4 is 5.32 Å². The molecule has 2 heterocycles. The van der Waals surface area contributed by atoms with E-state index in [1.54, 1.807) is 11.1 Å². The van der Waals surface area contributed by atoms with Gasteiger partial charge in [-0.3, -0.25) is 9.69 Å². The molecule has 2 aliphatic heterocycles. The topological polar surface area (TPSA) is 35.6 Å². The standard InChI is InChI=1S/C25H39N3O/c1-2-15-28(24-8-7-21-5-3-4-6-23(21)18-24)19-20-11-16-27(17-12-20)25(29)22-9-13-26-14-10-22/h3-6,20,22,24,26H,2,7-19H2,1H3. The number of fused-ring (bicyclic) bond motifs is 1. The quantitative estimate of drug-likeness (QED) is 0.798. The molecule has 4 nitrogen and oxygen atoms in total. The van der Waals surface area contributed by atoms with Gasteiger partial charge in [-0.2, -0.15) is 0 Å². The third-order valence-corrected chi connectivity index (χ3v) is 7.46. The van der Waals surface area contributed by atoms with Gasteiger partial charge in [-0.15, -0.1) is 0 Å². The monoisotopic (exact) mass is 397 g/mol. The van der Waals surface area contributed by atoms with Crippen LogP contribution in [0.3, 0.4) is 0 Å². The van der Waals surface area contributed by atoms with Crippen molar-refractivity contribution >= 4 is 5.91 Å². The van der Waals surface area contributed by atoms with Crippen molar-refractivity contribution in [2.24, 2.45) is 11.8 Å². The molecule has 1 amide bonds. The predicted octanol–water partition coefficient (Wildman–Crippen LogP) is 3.49. The number of nitrogens with one attached hydrogen (secondary N) is 1. The number of benzene rings is 1. The molecule has 160 valence electrons. The second kappa shape index (κ2) is 10.1. The van der Waals surface area contributed by atoms with Crippen molar-refractivity contribution in [3.8, 4) is 0 Å².